The van der Waals surface area contributed by atoms with Crippen LogP contribution in [-0.4, -0.2) is 72.4 Å². The molecule has 0 aromatic heterocycles. The zero-order valence-corrected chi connectivity index (χ0v) is 34.3. The van der Waals surface area contributed by atoms with Crippen molar-refractivity contribution in [2.24, 2.45) is 0 Å². The van der Waals surface area contributed by atoms with Crippen LogP contribution in [-0.2, 0) is 18.1 Å². The molecule has 19 heteroatoms. The molecule has 0 amide bonds. The minimum absolute atomic E-state index is 0.0370. The summed E-state index contributed by atoms with van der Waals surface area (Å²) in [6.07, 6.45) is 0. The monoisotopic (exact) mass is 1170 g/mol. The summed E-state index contributed by atoms with van der Waals surface area (Å²) in [7, 11) is -3.57. The predicted molar refractivity (Wildman–Crippen MR) is 176 cm³/mol. The standard InChI is InChI=1S/C9H15Br6O4P.C8H2Br4O4/c10-1-7(13)4-17-20(16,18-5-8(14)2-11)19-6-9(15)3-12;9-3-1(7(13)14)2(8(15)16)4(10)6(12)5(3)11/h7-9H,1-6H2;(H,13,14)(H,15,16). The minimum Gasteiger partial charge on any atom is -0.478 e. The first kappa shape index (κ1) is 39.1. The van der Waals surface area contributed by atoms with Crippen LogP contribution in [0.1, 0.15) is 20.7 Å². The van der Waals surface area contributed by atoms with Gasteiger partial charge in [0.25, 0.3) is 0 Å². The first-order valence-electron chi connectivity index (χ1n) is 9.11. The van der Waals surface area contributed by atoms with Crippen LogP contribution in [0.4, 0.5) is 0 Å². The van der Waals surface area contributed by atoms with Gasteiger partial charge in [-0.3, -0.25) is 13.6 Å². The number of phosphoric acid groups is 1. The van der Waals surface area contributed by atoms with Gasteiger partial charge in [0, 0.05) is 48.4 Å². The molecule has 0 fully saturated rings. The molecule has 2 N–H and O–H groups in total. The number of rotatable bonds is 14. The highest BCUT2D eigenvalue weighted by Crippen LogP contribution is 2.50. The number of carboxylic acids is 2. The lowest BCUT2D eigenvalue weighted by Crippen LogP contribution is -2.17. The Morgan fingerprint density at radius 2 is 0.889 bits per heavy atom. The van der Waals surface area contributed by atoms with E-state index in [9.17, 15) is 14.2 Å². The fourth-order valence-electron chi connectivity index (χ4n) is 1.80. The molecule has 0 bridgehead atoms. The third kappa shape index (κ3) is 13.8. The van der Waals surface area contributed by atoms with Crippen molar-refractivity contribution in [1.82, 2.24) is 0 Å². The third-order valence-electron chi connectivity index (χ3n) is 3.44. The van der Waals surface area contributed by atoms with Crippen molar-refractivity contribution < 1.29 is 37.9 Å². The lowest BCUT2D eigenvalue weighted by Gasteiger charge is -2.21. The summed E-state index contributed by atoms with van der Waals surface area (Å²) in [6, 6.07) is 0. The Morgan fingerprint density at radius 1 is 0.639 bits per heavy atom. The highest BCUT2D eigenvalue weighted by atomic mass is 79.9. The molecule has 1 aromatic rings. The SMILES string of the molecule is O=C(O)c1c(Br)c(Br)c(Br)c(Br)c1C(=O)O.O=P(OCC(Br)CBr)(OCC(Br)CBr)OCC(Br)CBr. The van der Waals surface area contributed by atoms with Crippen molar-refractivity contribution in [2.75, 3.05) is 35.8 Å². The third-order valence-corrected chi connectivity index (χ3v) is 16.3. The van der Waals surface area contributed by atoms with Gasteiger partial charge < -0.3 is 10.2 Å². The van der Waals surface area contributed by atoms with E-state index in [4.69, 9.17) is 23.8 Å². The number of hydrogen-bond donors (Lipinski definition) is 2. The summed E-state index contributed by atoms with van der Waals surface area (Å²) in [5, 5.41) is 20.0. The Hall–Kier alpha value is 3.07. The molecule has 8 nitrogen and oxygen atoms in total. The summed E-state index contributed by atoms with van der Waals surface area (Å²) in [4.78, 5) is 22.1. The first-order valence-corrected chi connectivity index (χ1v) is 19.9. The van der Waals surface area contributed by atoms with E-state index in [1.807, 2.05) is 0 Å². The van der Waals surface area contributed by atoms with Gasteiger partial charge in [0.1, 0.15) is 0 Å². The molecular formula is C17H17Br10O8P. The van der Waals surface area contributed by atoms with E-state index in [1.54, 1.807) is 0 Å². The maximum atomic E-state index is 12.5. The summed E-state index contributed by atoms with van der Waals surface area (Å²) < 4.78 is 29.7. The molecule has 1 rings (SSSR count). The van der Waals surface area contributed by atoms with Crippen molar-refractivity contribution in [1.29, 1.82) is 0 Å². The average Bonchev–Trinajstić information content (AvgIpc) is 2.84. The van der Waals surface area contributed by atoms with Crippen LogP contribution < -0.4 is 0 Å². The van der Waals surface area contributed by atoms with Crippen molar-refractivity contribution in [2.45, 2.75) is 14.5 Å². The summed E-state index contributed by atoms with van der Waals surface area (Å²) in [5.41, 5.74) is -0.621. The number of carboxylic acid groups (broad SMARTS) is 2. The van der Waals surface area contributed by atoms with Crippen molar-refractivity contribution in [3.05, 3.63) is 29.0 Å². The second-order valence-electron chi connectivity index (χ2n) is 6.21. The van der Waals surface area contributed by atoms with E-state index in [1.165, 1.54) is 0 Å². The molecule has 1 aromatic carbocycles. The van der Waals surface area contributed by atoms with Crippen LogP contribution in [0.15, 0.2) is 17.9 Å². The van der Waals surface area contributed by atoms with Crippen LogP contribution in [0, 0.1) is 0 Å². The van der Waals surface area contributed by atoms with E-state index in [0.717, 1.165) is 0 Å². The molecule has 36 heavy (non-hydrogen) atoms. The van der Waals surface area contributed by atoms with Crippen LogP contribution in [0.3, 0.4) is 0 Å². The van der Waals surface area contributed by atoms with Crippen molar-refractivity contribution >= 4 is 179 Å². The Morgan fingerprint density at radius 3 is 1.08 bits per heavy atom. The Kier molecular flexibility index (Phi) is 21.8. The van der Waals surface area contributed by atoms with Gasteiger partial charge in [-0.1, -0.05) is 95.6 Å². The van der Waals surface area contributed by atoms with Gasteiger partial charge in [0.15, 0.2) is 0 Å². The summed E-state index contributed by atoms with van der Waals surface area (Å²) in [6.45, 7) is 0.682. The van der Waals surface area contributed by atoms with E-state index < -0.39 is 19.8 Å². The van der Waals surface area contributed by atoms with Gasteiger partial charge in [0.05, 0.1) is 30.9 Å². The molecule has 0 saturated carbocycles. The highest BCUT2D eigenvalue weighted by Gasteiger charge is 2.30. The smallest absolute Gasteiger partial charge is 0.474 e. The highest BCUT2D eigenvalue weighted by molar-refractivity contribution is 9.15. The number of alkyl halides is 6. The molecule has 0 heterocycles. The van der Waals surface area contributed by atoms with E-state index >= 15 is 0 Å². The molecule has 0 aliphatic carbocycles. The number of hydrogen-bond acceptors (Lipinski definition) is 6. The fourth-order valence-corrected chi connectivity index (χ4v) is 7.13. The van der Waals surface area contributed by atoms with Crippen molar-refractivity contribution in [3.63, 3.8) is 0 Å². The molecule has 0 spiro atoms. The Labute approximate surface area is 292 Å². The molecule has 0 aliphatic heterocycles. The maximum Gasteiger partial charge on any atom is 0.474 e. The van der Waals surface area contributed by atoms with Crippen LogP contribution in [0.5, 0.6) is 0 Å². The molecule has 208 valence electrons. The van der Waals surface area contributed by atoms with Gasteiger partial charge >= 0.3 is 19.8 Å². The number of phosphoric ester groups is 1. The van der Waals surface area contributed by atoms with Gasteiger partial charge in [-0.15, -0.1) is 0 Å². The second kappa shape index (κ2) is 20.1. The topological polar surface area (TPSA) is 119 Å². The largest absolute Gasteiger partial charge is 0.478 e. The normalized spacial score (nSPS) is 15.3. The van der Waals surface area contributed by atoms with E-state index in [0.29, 0.717) is 24.9 Å². The molecule has 0 radical (unpaired) electrons. The van der Waals surface area contributed by atoms with Gasteiger partial charge in [-0.25, -0.2) is 14.2 Å². The van der Waals surface area contributed by atoms with E-state index in [2.05, 4.69) is 159 Å². The fraction of sp³-hybridized carbons (Fsp3) is 0.529. The molecule has 3 unspecified atom stereocenters. The number of halogens is 10. The quantitative estimate of drug-likeness (QED) is 0.0819. The zero-order chi connectivity index (χ0) is 28.2. The summed E-state index contributed by atoms with van der Waals surface area (Å²) in [5.74, 6) is -2.64. The Bertz CT molecular complexity index is 850. The number of aromatic carboxylic acids is 2. The zero-order valence-electron chi connectivity index (χ0n) is 17.5. The van der Waals surface area contributed by atoms with Gasteiger partial charge in [-0.05, 0) is 63.7 Å². The maximum absolute atomic E-state index is 12.5. The van der Waals surface area contributed by atoms with Crippen LogP contribution in [0.2, 0.25) is 0 Å². The number of carbonyl (C=O) groups is 2. The molecule has 0 aliphatic rings. The average molecular weight is 1180 g/mol. The van der Waals surface area contributed by atoms with Crippen LogP contribution in [0.25, 0.3) is 0 Å². The van der Waals surface area contributed by atoms with Crippen molar-refractivity contribution in [3.8, 4) is 0 Å². The first-order chi connectivity index (χ1) is 16.6. The lowest BCUT2D eigenvalue weighted by molar-refractivity contribution is 0.0649. The second-order valence-corrected chi connectivity index (χ2v) is 16.9. The van der Waals surface area contributed by atoms with Crippen LogP contribution >= 0.6 is 167 Å². The molecule has 3 atom stereocenters. The number of benzene rings is 1. The molecular weight excluding hydrogens is 1160 g/mol. The van der Waals surface area contributed by atoms with E-state index in [-0.39, 0.29) is 54.4 Å². The lowest BCUT2D eigenvalue weighted by atomic mass is 10.1. The Balaban J connectivity index is 0.000000696. The van der Waals surface area contributed by atoms with Gasteiger partial charge in [-0.2, -0.15) is 0 Å². The minimum atomic E-state index is -3.57. The summed E-state index contributed by atoms with van der Waals surface area (Å²) >= 11 is 32.4. The van der Waals surface area contributed by atoms with Gasteiger partial charge in [0.2, 0.25) is 0 Å². The molecule has 0 saturated heterocycles. The predicted octanol–water partition coefficient (Wildman–Crippen LogP) is 9.75.